The van der Waals surface area contributed by atoms with Crippen molar-refractivity contribution in [2.24, 2.45) is 0 Å². The Kier molecular flexibility index (Phi) is 4.78. The average molecular weight is 407 g/mol. The van der Waals surface area contributed by atoms with Gasteiger partial charge in [0.15, 0.2) is 11.2 Å². The van der Waals surface area contributed by atoms with Crippen LogP contribution < -0.4 is 5.56 Å². The Hall–Kier alpha value is -3.13. The summed E-state index contributed by atoms with van der Waals surface area (Å²) in [6, 6.07) is 8.24. The summed E-state index contributed by atoms with van der Waals surface area (Å²) in [5.74, 6) is -0.316. The summed E-state index contributed by atoms with van der Waals surface area (Å²) in [5.41, 5.74) is 3.42. The van der Waals surface area contributed by atoms with Gasteiger partial charge in [0, 0.05) is 19.3 Å². The minimum absolute atomic E-state index is 0.138. The summed E-state index contributed by atoms with van der Waals surface area (Å²) < 4.78 is 22.2. The van der Waals surface area contributed by atoms with Gasteiger partial charge in [-0.25, -0.2) is 8.91 Å². The summed E-state index contributed by atoms with van der Waals surface area (Å²) in [7, 11) is 1.59. The van der Waals surface area contributed by atoms with E-state index in [-0.39, 0.29) is 24.0 Å². The van der Waals surface area contributed by atoms with Gasteiger partial charge in [0.25, 0.3) is 5.56 Å². The summed E-state index contributed by atoms with van der Waals surface area (Å²) in [6.45, 7) is 0.261. The van der Waals surface area contributed by atoms with Crippen molar-refractivity contribution in [3.05, 3.63) is 58.4 Å². The number of benzene rings is 1. The second-order valence-electron chi connectivity index (χ2n) is 7.75. The molecule has 0 N–H and O–H groups in total. The molecule has 0 unspecified atom stereocenters. The van der Waals surface area contributed by atoms with Gasteiger partial charge in [0.2, 0.25) is 0 Å². The molecule has 0 amide bonds. The number of aromatic nitrogens is 5. The molecule has 1 aromatic carbocycles. The Bertz CT molecular complexity index is 1270. The van der Waals surface area contributed by atoms with Crippen molar-refractivity contribution in [1.82, 2.24) is 24.4 Å². The third-order valence-corrected chi connectivity index (χ3v) is 5.86. The van der Waals surface area contributed by atoms with Crippen LogP contribution in [0.15, 0.2) is 41.3 Å². The topological polar surface area (TPSA) is 74.3 Å². The minimum atomic E-state index is -0.316. The number of nitrogens with zero attached hydrogens (tertiary/aromatic N) is 5. The van der Waals surface area contributed by atoms with E-state index >= 15 is 0 Å². The van der Waals surface area contributed by atoms with E-state index in [1.54, 1.807) is 28.3 Å². The molecule has 1 aliphatic rings. The van der Waals surface area contributed by atoms with Gasteiger partial charge in [0.05, 0.1) is 17.9 Å². The maximum Gasteiger partial charge on any atom is 0.280 e. The molecule has 0 spiro atoms. The van der Waals surface area contributed by atoms with E-state index in [0.717, 1.165) is 36.8 Å². The standard InChI is InChI=1S/C22H22FN5O2/c1-30-13-17-19(14-7-9-15(23)10-8-14)21-25-24-20-18(28(21)26-17)11-12-27(22(20)29)16-5-3-2-4-6-16/h7-12,16H,2-6,13H2,1H3. The first kappa shape index (κ1) is 18.9. The van der Waals surface area contributed by atoms with Gasteiger partial charge >= 0.3 is 0 Å². The lowest BCUT2D eigenvalue weighted by Gasteiger charge is -2.23. The van der Waals surface area contributed by atoms with E-state index in [2.05, 4.69) is 15.3 Å². The zero-order chi connectivity index (χ0) is 20.7. The highest BCUT2D eigenvalue weighted by molar-refractivity contribution is 5.84. The highest BCUT2D eigenvalue weighted by Gasteiger charge is 2.22. The molecule has 1 aliphatic carbocycles. The van der Waals surface area contributed by atoms with Crippen molar-refractivity contribution < 1.29 is 9.13 Å². The van der Waals surface area contributed by atoms with Crippen molar-refractivity contribution in [2.45, 2.75) is 44.8 Å². The molecular formula is C22H22FN5O2. The molecule has 1 saturated carbocycles. The van der Waals surface area contributed by atoms with E-state index in [4.69, 9.17) is 4.74 Å². The number of methoxy groups -OCH3 is 1. The molecule has 154 valence electrons. The van der Waals surface area contributed by atoms with E-state index < -0.39 is 0 Å². The van der Waals surface area contributed by atoms with Crippen LogP contribution in [-0.4, -0.2) is 31.5 Å². The van der Waals surface area contributed by atoms with Crippen molar-refractivity contribution in [1.29, 1.82) is 0 Å². The van der Waals surface area contributed by atoms with Crippen LogP contribution in [0, 0.1) is 5.82 Å². The van der Waals surface area contributed by atoms with Crippen LogP contribution in [0.4, 0.5) is 4.39 Å². The lowest BCUT2D eigenvalue weighted by atomic mass is 9.95. The first-order chi connectivity index (χ1) is 14.7. The van der Waals surface area contributed by atoms with Gasteiger partial charge in [-0.15, -0.1) is 10.2 Å². The lowest BCUT2D eigenvalue weighted by molar-refractivity contribution is 0.181. The van der Waals surface area contributed by atoms with Gasteiger partial charge in [-0.1, -0.05) is 31.4 Å². The van der Waals surface area contributed by atoms with Gasteiger partial charge in [-0.05, 0) is 36.6 Å². The van der Waals surface area contributed by atoms with Crippen LogP contribution in [-0.2, 0) is 11.3 Å². The van der Waals surface area contributed by atoms with Gasteiger partial charge < -0.3 is 9.30 Å². The van der Waals surface area contributed by atoms with Crippen LogP contribution in [0.3, 0.4) is 0 Å². The quantitative estimate of drug-likeness (QED) is 0.513. The third kappa shape index (κ3) is 3.08. The van der Waals surface area contributed by atoms with Crippen molar-refractivity contribution in [3.63, 3.8) is 0 Å². The molecule has 4 aromatic rings. The number of halogens is 1. The summed E-state index contributed by atoms with van der Waals surface area (Å²) in [4.78, 5) is 13.1. The largest absolute Gasteiger partial charge is 0.378 e. The van der Waals surface area contributed by atoms with E-state index in [1.807, 2.05) is 12.3 Å². The first-order valence-corrected chi connectivity index (χ1v) is 10.2. The molecular weight excluding hydrogens is 385 g/mol. The Morgan fingerprint density at radius 1 is 1.10 bits per heavy atom. The molecule has 1 fully saturated rings. The predicted molar refractivity (Wildman–Crippen MR) is 111 cm³/mol. The molecule has 7 nitrogen and oxygen atoms in total. The number of ether oxygens (including phenoxy) is 1. The lowest BCUT2D eigenvalue weighted by Crippen LogP contribution is -2.27. The highest BCUT2D eigenvalue weighted by atomic mass is 19.1. The van der Waals surface area contributed by atoms with E-state index in [1.165, 1.54) is 18.6 Å². The second kappa shape index (κ2) is 7.60. The predicted octanol–water partition coefficient (Wildman–Crippen LogP) is 3.90. The van der Waals surface area contributed by atoms with Crippen LogP contribution in [0.2, 0.25) is 0 Å². The monoisotopic (exact) mass is 407 g/mol. The molecule has 0 atom stereocenters. The zero-order valence-electron chi connectivity index (χ0n) is 16.7. The van der Waals surface area contributed by atoms with Crippen LogP contribution in [0.1, 0.15) is 43.8 Å². The molecule has 0 radical (unpaired) electrons. The van der Waals surface area contributed by atoms with E-state index in [9.17, 15) is 9.18 Å². The number of rotatable bonds is 4. The Morgan fingerprint density at radius 3 is 2.60 bits per heavy atom. The van der Waals surface area contributed by atoms with Crippen LogP contribution in [0.5, 0.6) is 0 Å². The SMILES string of the molecule is COCc1nn2c(nnc3c(=O)n(C4CCCCC4)ccc32)c1-c1ccc(F)cc1. The zero-order valence-corrected chi connectivity index (χ0v) is 16.7. The normalized spacial score (nSPS) is 15.3. The Balaban J connectivity index is 1.72. The molecule has 8 heteroatoms. The molecule has 0 aliphatic heterocycles. The highest BCUT2D eigenvalue weighted by Crippen LogP contribution is 2.30. The maximum absolute atomic E-state index is 13.4. The summed E-state index contributed by atoms with van der Waals surface area (Å²) in [5, 5.41) is 13.3. The van der Waals surface area contributed by atoms with Gasteiger partial charge in [0.1, 0.15) is 11.3 Å². The fourth-order valence-electron chi connectivity index (χ4n) is 4.40. The molecule has 3 aromatic heterocycles. The molecule has 5 rings (SSSR count). The fourth-order valence-corrected chi connectivity index (χ4v) is 4.40. The Morgan fingerprint density at radius 2 is 1.87 bits per heavy atom. The minimum Gasteiger partial charge on any atom is -0.378 e. The average Bonchev–Trinajstić information content (AvgIpc) is 3.14. The number of hydrogen-bond donors (Lipinski definition) is 0. The maximum atomic E-state index is 13.4. The van der Waals surface area contributed by atoms with Crippen molar-refractivity contribution >= 4 is 16.7 Å². The van der Waals surface area contributed by atoms with Gasteiger partial charge in [-0.2, -0.15) is 5.10 Å². The van der Waals surface area contributed by atoms with Crippen molar-refractivity contribution in [3.8, 4) is 11.1 Å². The number of pyridine rings is 1. The molecule has 0 saturated heterocycles. The third-order valence-electron chi connectivity index (χ3n) is 5.86. The molecule has 30 heavy (non-hydrogen) atoms. The second-order valence-corrected chi connectivity index (χ2v) is 7.75. The van der Waals surface area contributed by atoms with Crippen molar-refractivity contribution in [2.75, 3.05) is 7.11 Å². The summed E-state index contributed by atoms with van der Waals surface area (Å²) >= 11 is 0. The van der Waals surface area contributed by atoms with Crippen LogP contribution in [0.25, 0.3) is 27.8 Å². The number of fused-ring (bicyclic) bond motifs is 3. The van der Waals surface area contributed by atoms with Crippen LogP contribution >= 0.6 is 0 Å². The molecule has 0 bridgehead atoms. The number of hydrogen-bond acceptors (Lipinski definition) is 5. The smallest absolute Gasteiger partial charge is 0.280 e. The Labute approximate surface area is 172 Å². The molecule has 3 heterocycles. The van der Waals surface area contributed by atoms with Gasteiger partial charge in [-0.3, -0.25) is 4.79 Å². The first-order valence-electron chi connectivity index (χ1n) is 10.2. The van der Waals surface area contributed by atoms with E-state index in [0.29, 0.717) is 22.4 Å². The fraction of sp³-hybridized carbons (Fsp3) is 0.364. The summed E-state index contributed by atoms with van der Waals surface area (Å²) in [6.07, 6.45) is 7.37.